The average molecular weight is 217 g/mol. The molecular weight excluding hydrogens is 217 g/mol. The number of rotatable bonds is 0. The fourth-order valence-electron chi connectivity index (χ4n) is 0. The summed E-state index contributed by atoms with van der Waals surface area (Å²) in [5.41, 5.74) is 0. The van der Waals surface area contributed by atoms with Gasteiger partial charge in [0.2, 0.25) is 0 Å². The van der Waals surface area contributed by atoms with Gasteiger partial charge in [0.15, 0.2) is 0 Å². The quantitative estimate of drug-likeness (QED) is 0.485. The van der Waals surface area contributed by atoms with Gasteiger partial charge in [-0.15, -0.1) is 0 Å². The standard InChI is InChI=1S/B.Cr.Mo.Ni. The van der Waals surface area contributed by atoms with E-state index >= 15 is 0 Å². The van der Waals surface area contributed by atoms with Crippen LogP contribution in [-0.4, -0.2) is 8.41 Å². The first-order valence-corrected chi connectivity index (χ1v) is 0. The summed E-state index contributed by atoms with van der Waals surface area (Å²) in [5, 5.41) is 0. The van der Waals surface area contributed by atoms with Crippen LogP contribution in [0, 0.1) is 0 Å². The van der Waals surface area contributed by atoms with Crippen molar-refractivity contribution in [3.8, 4) is 0 Å². The molecule has 0 N–H and O–H groups in total. The molecule has 0 unspecified atom stereocenters. The Morgan fingerprint density at radius 2 is 1.00 bits per heavy atom. The Morgan fingerprint density at radius 1 is 1.00 bits per heavy atom. The maximum Gasteiger partial charge on any atom is 0 e. The zero-order chi connectivity index (χ0) is 0. The Kier molecular flexibility index (Phi) is 225. The van der Waals surface area contributed by atoms with Gasteiger partial charge in [-0.3, -0.25) is 0 Å². The van der Waals surface area contributed by atoms with Crippen molar-refractivity contribution in [2.45, 2.75) is 0 Å². The molecule has 0 atom stereocenters. The van der Waals surface area contributed by atoms with Crippen LogP contribution in [-0.2, 0) is 54.9 Å². The molecule has 0 saturated carbocycles. The molecule has 0 aromatic heterocycles. The van der Waals surface area contributed by atoms with E-state index in [-0.39, 0.29) is 63.3 Å². The molecule has 4 heteroatoms. The summed E-state index contributed by atoms with van der Waals surface area (Å²) in [7, 11) is 0. The van der Waals surface area contributed by atoms with Gasteiger partial charge in [0.1, 0.15) is 0 Å². The van der Waals surface area contributed by atoms with Crippen LogP contribution in [0.3, 0.4) is 0 Å². The third-order valence-electron chi connectivity index (χ3n) is 0. The Labute approximate surface area is 63.0 Å². The predicted molar refractivity (Wildman–Crippen MR) is 5.75 cm³/mol. The maximum absolute atomic E-state index is 0. The predicted octanol–water partition coefficient (Wildman–Crippen LogP) is -0.388. The third kappa shape index (κ3) is 9.22. The van der Waals surface area contributed by atoms with Gasteiger partial charge < -0.3 is 0 Å². The first kappa shape index (κ1) is 41.7. The summed E-state index contributed by atoms with van der Waals surface area (Å²) in [4.78, 5) is 0. The zero-order valence-electron chi connectivity index (χ0n) is 1.71. The van der Waals surface area contributed by atoms with E-state index in [1.165, 1.54) is 0 Å². The van der Waals surface area contributed by atoms with E-state index in [4.69, 9.17) is 0 Å². The summed E-state index contributed by atoms with van der Waals surface area (Å²) < 4.78 is 0. The van der Waals surface area contributed by atoms with Crippen molar-refractivity contribution < 1.29 is 54.9 Å². The molecule has 0 saturated heterocycles. The molecule has 0 fully saturated rings. The van der Waals surface area contributed by atoms with Crippen LogP contribution in [0.25, 0.3) is 0 Å². The van der Waals surface area contributed by atoms with E-state index in [0.717, 1.165) is 0 Å². The Morgan fingerprint density at radius 3 is 1.00 bits per heavy atom. The molecule has 0 aliphatic heterocycles. The SMILES string of the molecule is [B].[Cr].[Mo].[Ni]. The van der Waals surface area contributed by atoms with E-state index in [2.05, 4.69) is 0 Å². The minimum absolute atomic E-state index is 0. The molecule has 0 nitrogen and oxygen atoms in total. The van der Waals surface area contributed by atoms with Gasteiger partial charge in [0.25, 0.3) is 0 Å². The zero-order valence-corrected chi connectivity index (χ0v) is 5.98. The summed E-state index contributed by atoms with van der Waals surface area (Å²) in [6.45, 7) is 0. The summed E-state index contributed by atoms with van der Waals surface area (Å²) in [5.74, 6) is 0. The molecule has 0 rings (SSSR count). The Hall–Kier alpha value is 1.78. The van der Waals surface area contributed by atoms with Crippen molar-refractivity contribution >= 4 is 8.41 Å². The molecule has 0 aliphatic carbocycles. The van der Waals surface area contributed by atoms with Crippen molar-refractivity contribution in [1.82, 2.24) is 0 Å². The minimum atomic E-state index is 0. The van der Waals surface area contributed by atoms with Crippen molar-refractivity contribution in [3.63, 3.8) is 0 Å². The molecule has 25 valence electrons. The minimum Gasteiger partial charge on any atom is 0 e. The maximum atomic E-state index is 0. The van der Waals surface area contributed by atoms with E-state index in [9.17, 15) is 0 Å². The molecule has 0 aromatic carbocycles. The second kappa shape index (κ2) is 21.6. The fraction of sp³-hybridized carbons (Fsp3) is 0. The van der Waals surface area contributed by atoms with Gasteiger partial charge in [0, 0.05) is 63.3 Å². The largest absolute Gasteiger partial charge is 0 e. The first-order chi connectivity index (χ1) is 0. The van der Waals surface area contributed by atoms with Crippen LogP contribution in [0.2, 0.25) is 0 Å². The van der Waals surface area contributed by atoms with Gasteiger partial charge >= 0.3 is 0 Å². The van der Waals surface area contributed by atoms with Crippen LogP contribution in [0.15, 0.2) is 0 Å². The Balaban J connectivity index is 0. The fourth-order valence-corrected chi connectivity index (χ4v) is 0. The topological polar surface area (TPSA) is 0 Å². The van der Waals surface area contributed by atoms with Gasteiger partial charge in [0.05, 0.1) is 0 Å². The average Bonchev–Trinajstić information content (AvgIpc) is 0. The third-order valence-corrected chi connectivity index (χ3v) is 0. The van der Waals surface area contributed by atoms with Crippen LogP contribution in [0.1, 0.15) is 0 Å². The molecule has 3 radical (unpaired) electrons. The molecule has 0 amide bonds. The molecule has 0 aromatic rings. The van der Waals surface area contributed by atoms with Crippen LogP contribution in [0.4, 0.5) is 0 Å². The van der Waals surface area contributed by atoms with Crippen LogP contribution >= 0.6 is 0 Å². The smallest absolute Gasteiger partial charge is 0 e. The van der Waals surface area contributed by atoms with Gasteiger partial charge in [-0.2, -0.15) is 0 Å². The van der Waals surface area contributed by atoms with Crippen molar-refractivity contribution in [1.29, 1.82) is 0 Å². The summed E-state index contributed by atoms with van der Waals surface area (Å²) in [6, 6.07) is 0. The second-order valence-electron chi connectivity index (χ2n) is 0. The van der Waals surface area contributed by atoms with Crippen molar-refractivity contribution in [3.05, 3.63) is 0 Å². The molecule has 0 heterocycles. The van der Waals surface area contributed by atoms with E-state index in [1.807, 2.05) is 0 Å². The van der Waals surface area contributed by atoms with Gasteiger partial charge in [-0.25, -0.2) is 0 Å². The Bertz CT molecular complexity index is 8.00. The molecule has 0 bridgehead atoms. The van der Waals surface area contributed by atoms with Gasteiger partial charge in [-0.1, -0.05) is 0 Å². The van der Waals surface area contributed by atoms with E-state index < -0.39 is 0 Å². The van der Waals surface area contributed by atoms with Crippen molar-refractivity contribution in [2.75, 3.05) is 0 Å². The summed E-state index contributed by atoms with van der Waals surface area (Å²) >= 11 is 0. The summed E-state index contributed by atoms with van der Waals surface area (Å²) in [6.07, 6.45) is 0. The van der Waals surface area contributed by atoms with Crippen molar-refractivity contribution in [2.24, 2.45) is 0 Å². The van der Waals surface area contributed by atoms with Crippen LogP contribution in [0.5, 0.6) is 0 Å². The van der Waals surface area contributed by atoms with Gasteiger partial charge in [-0.05, 0) is 0 Å². The number of hydrogen-bond acceptors (Lipinski definition) is 0. The van der Waals surface area contributed by atoms with E-state index in [0.29, 0.717) is 0 Å². The molecule has 0 spiro atoms. The number of hydrogen-bond donors (Lipinski definition) is 0. The first-order valence-electron chi connectivity index (χ1n) is 0. The molecular formula is BCrMoNi. The molecule has 4 heavy (non-hydrogen) atoms. The van der Waals surface area contributed by atoms with Crippen LogP contribution < -0.4 is 0 Å². The normalized spacial score (nSPS) is 0. The van der Waals surface area contributed by atoms with E-state index in [1.54, 1.807) is 0 Å². The second-order valence-corrected chi connectivity index (χ2v) is 0. The molecule has 0 aliphatic rings. The monoisotopic (exact) mass is 219 g/mol.